The van der Waals surface area contributed by atoms with Gasteiger partial charge in [0, 0.05) is 11.4 Å². The van der Waals surface area contributed by atoms with Gasteiger partial charge in [0.15, 0.2) is 0 Å². The Kier molecular flexibility index (Phi) is 7.95. The Bertz CT molecular complexity index is 710. The van der Waals surface area contributed by atoms with E-state index in [0.29, 0.717) is 0 Å². The van der Waals surface area contributed by atoms with Gasteiger partial charge in [-0.3, -0.25) is 9.59 Å². The van der Waals surface area contributed by atoms with Crippen LogP contribution in [-0.4, -0.2) is 24.9 Å². The Morgan fingerprint density at radius 1 is 0.880 bits per heavy atom. The zero-order valence-electron chi connectivity index (χ0n) is 14.7. The zero-order chi connectivity index (χ0) is 17.5. The molecule has 134 valence electrons. The molecule has 0 spiro atoms. The van der Waals surface area contributed by atoms with E-state index >= 15 is 0 Å². The van der Waals surface area contributed by atoms with Crippen LogP contribution in [0.2, 0.25) is 0 Å². The van der Waals surface area contributed by atoms with Crippen LogP contribution < -0.4 is 16.0 Å². The number of hydrogen-bond donors (Lipinski definition) is 3. The van der Waals surface area contributed by atoms with Crippen LogP contribution in [0.3, 0.4) is 0 Å². The minimum atomic E-state index is -0.238. The van der Waals surface area contributed by atoms with Crippen molar-refractivity contribution in [3.8, 4) is 0 Å². The average molecular weight is 362 g/mol. The summed E-state index contributed by atoms with van der Waals surface area (Å²) in [4.78, 5) is 23.8. The number of amides is 2. The van der Waals surface area contributed by atoms with Gasteiger partial charge in [0.2, 0.25) is 11.8 Å². The summed E-state index contributed by atoms with van der Waals surface area (Å²) in [6, 6.07) is 13.5. The highest BCUT2D eigenvalue weighted by molar-refractivity contribution is 5.96. The SMILES string of the molecule is Cc1cc(C)c(NC(=O)CNC(=O)CNc2ccccc2)c(C)c1.Cl. The summed E-state index contributed by atoms with van der Waals surface area (Å²) in [7, 11) is 0. The monoisotopic (exact) mass is 361 g/mol. The van der Waals surface area contributed by atoms with Gasteiger partial charge >= 0.3 is 0 Å². The molecule has 0 aromatic heterocycles. The van der Waals surface area contributed by atoms with Crippen molar-refractivity contribution in [2.75, 3.05) is 23.7 Å². The van der Waals surface area contributed by atoms with Crippen LogP contribution in [-0.2, 0) is 9.59 Å². The van der Waals surface area contributed by atoms with E-state index in [1.807, 2.05) is 63.2 Å². The van der Waals surface area contributed by atoms with Crippen molar-refractivity contribution in [3.63, 3.8) is 0 Å². The Labute approximate surface area is 154 Å². The Balaban J connectivity index is 0.00000312. The fourth-order valence-corrected chi connectivity index (χ4v) is 2.54. The predicted molar refractivity (Wildman–Crippen MR) is 104 cm³/mol. The largest absolute Gasteiger partial charge is 0.376 e. The maximum atomic E-state index is 12.0. The van der Waals surface area contributed by atoms with Crippen LogP contribution >= 0.6 is 12.4 Å². The van der Waals surface area contributed by atoms with Crippen molar-refractivity contribution in [3.05, 3.63) is 59.2 Å². The van der Waals surface area contributed by atoms with Gasteiger partial charge in [-0.15, -0.1) is 12.4 Å². The summed E-state index contributed by atoms with van der Waals surface area (Å²) >= 11 is 0. The van der Waals surface area contributed by atoms with Gasteiger partial charge in [0.1, 0.15) is 0 Å². The van der Waals surface area contributed by atoms with Crippen LogP contribution in [0.1, 0.15) is 16.7 Å². The third-order valence-corrected chi connectivity index (χ3v) is 3.61. The highest BCUT2D eigenvalue weighted by Gasteiger charge is 2.09. The van der Waals surface area contributed by atoms with E-state index in [4.69, 9.17) is 0 Å². The van der Waals surface area contributed by atoms with Crippen molar-refractivity contribution >= 4 is 35.6 Å². The quantitative estimate of drug-likeness (QED) is 0.740. The Morgan fingerprint density at radius 3 is 2.08 bits per heavy atom. The van der Waals surface area contributed by atoms with Crippen molar-refractivity contribution < 1.29 is 9.59 Å². The number of benzene rings is 2. The summed E-state index contributed by atoms with van der Waals surface area (Å²) in [6.07, 6.45) is 0. The first-order valence-electron chi connectivity index (χ1n) is 7.89. The van der Waals surface area contributed by atoms with Gasteiger partial charge < -0.3 is 16.0 Å². The molecule has 0 fully saturated rings. The maximum absolute atomic E-state index is 12.0. The first kappa shape index (κ1) is 20.5. The van der Waals surface area contributed by atoms with Crippen molar-refractivity contribution in [1.82, 2.24) is 5.32 Å². The van der Waals surface area contributed by atoms with E-state index in [-0.39, 0.29) is 37.3 Å². The second kappa shape index (κ2) is 9.69. The Morgan fingerprint density at radius 2 is 1.48 bits per heavy atom. The molecule has 0 saturated carbocycles. The highest BCUT2D eigenvalue weighted by atomic mass is 35.5. The van der Waals surface area contributed by atoms with Crippen molar-refractivity contribution in [2.45, 2.75) is 20.8 Å². The molecule has 0 unspecified atom stereocenters. The number of para-hydroxylation sites is 1. The first-order chi connectivity index (χ1) is 11.5. The molecule has 2 rings (SSSR count). The standard InChI is InChI=1S/C19H23N3O2.ClH/c1-13-9-14(2)19(15(3)10-13)22-18(24)12-21-17(23)11-20-16-7-5-4-6-8-16;/h4-10,20H,11-12H2,1-3H3,(H,21,23)(H,22,24);1H. The lowest BCUT2D eigenvalue weighted by molar-refractivity contribution is -0.122. The van der Waals surface area contributed by atoms with Crippen molar-refractivity contribution in [1.29, 1.82) is 0 Å². The summed E-state index contributed by atoms with van der Waals surface area (Å²) in [6.45, 7) is 6.00. The molecule has 0 radical (unpaired) electrons. The van der Waals surface area contributed by atoms with Gasteiger partial charge in [-0.05, 0) is 44.0 Å². The molecule has 3 N–H and O–H groups in total. The van der Waals surface area contributed by atoms with E-state index in [0.717, 1.165) is 28.1 Å². The fraction of sp³-hybridized carbons (Fsp3) is 0.263. The molecule has 2 aromatic rings. The number of anilines is 2. The molecule has 25 heavy (non-hydrogen) atoms. The predicted octanol–water partition coefficient (Wildman–Crippen LogP) is 3.20. The number of carbonyl (C=O) groups excluding carboxylic acids is 2. The van der Waals surface area contributed by atoms with Crippen LogP contribution in [0.4, 0.5) is 11.4 Å². The first-order valence-corrected chi connectivity index (χ1v) is 7.89. The van der Waals surface area contributed by atoms with Crippen LogP contribution in [0.15, 0.2) is 42.5 Å². The van der Waals surface area contributed by atoms with Crippen LogP contribution in [0, 0.1) is 20.8 Å². The van der Waals surface area contributed by atoms with E-state index < -0.39 is 0 Å². The zero-order valence-corrected chi connectivity index (χ0v) is 15.5. The molecule has 5 nitrogen and oxygen atoms in total. The highest BCUT2D eigenvalue weighted by Crippen LogP contribution is 2.21. The Hall–Kier alpha value is -2.53. The van der Waals surface area contributed by atoms with Gasteiger partial charge in [-0.25, -0.2) is 0 Å². The number of halogens is 1. The average Bonchev–Trinajstić information content (AvgIpc) is 2.55. The topological polar surface area (TPSA) is 70.2 Å². The lowest BCUT2D eigenvalue weighted by Gasteiger charge is -2.13. The number of nitrogens with one attached hydrogen (secondary N) is 3. The lowest BCUT2D eigenvalue weighted by atomic mass is 10.1. The van der Waals surface area contributed by atoms with Crippen molar-refractivity contribution in [2.24, 2.45) is 0 Å². The van der Waals surface area contributed by atoms with Gasteiger partial charge in [-0.1, -0.05) is 35.9 Å². The summed E-state index contributed by atoms with van der Waals surface area (Å²) in [5, 5.41) is 8.47. The normalized spacial score (nSPS) is 9.72. The molecule has 0 aliphatic rings. The van der Waals surface area contributed by atoms with E-state index in [2.05, 4.69) is 16.0 Å². The van der Waals surface area contributed by atoms with E-state index in [1.54, 1.807) is 0 Å². The molecular weight excluding hydrogens is 338 g/mol. The summed E-state index contributed by atoms with van der Waals surface area (Å²) in [5.74, 6) is -0.468. The number of hydrogen-bond acceptors (Lipinski definition) is 3. The van der Waals surface area contributed by atoms with Gasteiger partial charge in [-0.2, -0.15) is 0 Å². The molecule has 0 saturated heterocycles. The molecule has 0 bridgehead atoms. The summed E-state index contributed by atoms with van der Waals surface area (Å²) in [5.41, 5.74) is 4.85. The molecule has 0 aliphatic heterocycles. The minimum absolute atomic E-state index is 0. The third-order valence-electron chi connectivity index (χ3n) is 3.61. The van der Waals surface area contributed by atoms with E-state index in [9.17, 15) is 9.59 Å². The molecular formula is C19H24ClN3O2. The molecule has 2 amide bonds. The number of carbonyl (C=O) groups is 2. The van der Waals surface area contributed by atoms with Crippen LogP contribution in [0.25, 0.3) is 0 Å². The number of aryl methyl sites for hydroxylation is 3. The lowest BCUT2D eigenvalue weighted by Crippen LogP contribution is -2.36. The van der Waals surface area contributed by atoms with Gasteiger partial charge in [0.05, 0.1) is 13.1 Å². The summed E-state index contributed by atoms with van der Waals surface area (Å²) < 4.78 is 0. The van der Waals surface area contributed by atoms with Gasteiger partial charge in [0.25, 0.3) is 0 Å². The van der Waals surface area contributed by atoms with Crippen LogP contribution in [0.5, 0.6) is 0 Å². The smallest absolute Gasteiger partial charge is 0.243 e. The minimum Gasteiger partial charge on any atom is -0.376 e. The number of rotatable bonds is 6. The molecule has 0 aliphatic carbocycles. The molecule has 0 heterocycles. The third kappa shape index (κ3) is 6.47. The molecule has 0 atom stereocenters. The maximum Gasteiger partial charge on any atom is 0.243 e. The molecule has 2 aromatic carbocycles. The fourth-order valence-electron chi connectivity index (χ4n) is 2.54. The second-order valence-electron chi connectivity index (χ2n) is 5.82. The molecule has 6 heteroatoms. The van der Waals surface area contributed by atoms with E-state index in [1.165, 1.54) is 0 Å². The second-order valence-corrected chi connectivity index (χ2v) is 5.82.